The van der Waals surface area contributed by atoms with E-state index in [0.717, 1.165) is 11.4 Å². The van der Waals surface area contributed by atoms with Crippen molar-refractivity contribution in [1.82, 2.24) is 9.78 Å². The summed E-state index contributed by atoms with van der Waals surface area (Å²) in [5, 5.41) is 7.54. The highest BCUT2D eigenvalue weighted by atomic mass is 35.5. The molecule has 2 rings (SSSR count). The van der Waals surface area contributed by atoms with Crippen molar-refractivity contribution in [3.05, 3.63) is 40.2 Å². The van der Waals surface area contributed by atoms with Crippen LogP contribution >= 0.6 is 11.6 Å². The van der Waals surface area contributed by atoms with E-state index in [-0.39, 0.29) is 5.91 Å². The summed E-state index contributed by atoms with van der Waals surface area (Å²) in [4.78, 5) is 12.2. The molecule has 1 aromatic carbocycles. The number of amides is 1. The number of carbonyl (C=O) groups is 1. The summed E-state index contributed by atoms with van der Waals surface area (Å²) < 4.78 is 1.71. The maximum atomic E-state index is 12.2. The predicted molar refractivity (Wildman–Crippen MR) is 76.5 cm³/mol. The third kappa shape index (κ3) is 2.56. The molecule has 0 unspecified atom stereocenters. The molecule has 0 saturated carbocycles. The van der Waals surface area contributed by atoms with Gasteiger partial charge >= 0.3 is 0 Å². The SMILES string of the molecule is Cc1nn(C)c(C)c1NC(=O)c1cc(Cl)ccc1N. The van der Waals surface area contributed by atoms with Crippen molar-refractivity contribution in [3.8, 4) is 0 Å². The Bertz CT molecular complexity index is 648. The third-order valence-corrected chi connectivity index (χ3v) is 3.24. The molecule has 0 saturated heterocycles. The van der Waals surface area contributed by atoms with Crippen LogP contribution in [0.25, 0.3) is 0 Å². The number of aromatic nitrogens is 2. The minimum atomic E-state index is -0.292. The van der Waals surface area contributed by atoms with Gasteiger partial charge in [-0.05, 0) is 32.0 Å². The second kappa shape index (κ2) is 4.93. The zero-order chi connectivity index (χ0) is 14.2. The van der Waals surface area contributed by atoms with Crippen LogP contribution in [0, 0.1) is 13.8 Å². The van der Waals surface area contributed by atoms with Crippen LogP contribution in [0.15, 0.2) is 18.2 Å². The Labute approximate surface area is 116 Å². The van der Waals surface area contributed by atoms with E-state index >= 15 is 0 Å². The molecule has 0 aliphatic carbocycles. The number of nitrogens with one attached hydrogen (secondary N) is 1. The van der Waals surface area contributed by atoms with Gasteiger partial charge < -0.3 is 11.1 Å². The van der Waals surface area contributed by atoms with Gasteiger partial charge in [-0.3, -0.25) is 9.48 Å². The number of halogens is 1. The van der Waals surface area contributed by atoms with Gasteiger partial charge in [0.2, 0.25) is 0 Å². The maximum absolute atomic E-state index is 12.2. The number of nitrogens with zero attached hydrogens (tertiary/aromatic N) is 2. The minimum absolute atomic E-state index is 0.292. The van der Waals surface area contributed by atoms with Gasteiger partial charge in [-0.15, -0.1) is 0 Å². The first-order chi connectivity index (χ1) is 8.90. The lowest BCUT2D eigenvalue weighted by molar-refractivity contribution is 0.102. The lowest BCUT2D eigenvalue weighted by Gasteiger charge is -2.08. The predicted octanol–water partition coefficient (Wildman–Crippen LogP) is 2.52. The van der Waals surface area contributed by atoms with Gasteiger partial charge in [0.15, 0.2) is 0 Å². The molecule has 3 N–H and O–H groups in total. The van der Waals surface area contributed by atoms with E-state index in [2.05, 4.69) is 10.4 Å². The van der Waals surface area contributed by atoms with Gasteiger partial charge in [0.05, 0.1) is 22.6 Å². The lowest BCUT2D eigenvalue weighted by Crippen LogP contribution is -2.15. The number of hydrogen-bond donors (Lipinski definition) is 2. The Morgan fingerprint density at radius 1 is 1.42 bits per heavy atom. The van der Waals surface area contributed by atoms with Crippen LogP contribution in [-0.4, -0.2) is 15.7 Å². The zero-order valence-electron chi connectivity index (χ0n) is 11.0. The number of hydrogen-bond acceptors (Lipinski definition) is 3. The molecule has 1 heterocycles. The Morgan fingerprint density at radius 3 is 2.68 bits per heavy atom. The summed E-state index contributed by atoms with van der Waals surface area (Å²) >= 11 is 5.88. The average molecular weight is 279 g/mol. The molecule has 0 fully saturated rings. The smallest absolute Gasteiger partial charge is 0.257 e. The van der Waals surface area contributed by atoms with Crippen LogP contribution in [0.2, 0.25) is 5.02 Å². The number of benzene rings is 1. The molecule has 19 heavy (non-hydrogen) atoms. The van der Waals surface area contributed by atoms with Gasteiger partial charge in [0, 0.05) is 17.8 Å². The summed E-state index contributed by atoms with van der Waals surface area (Å²) in [5.74, 6) is -0.292. The fraction of sp³-hybridized carbons (Fsp3) is 0.231. The molecule has 1 amide bonds. The van der Waals surface area contributed by atoms with E-state index in [9.17, 15) is 4.79 Å². The summed E-state index contributed by atoms with van der Waals surface area (Å²) in [6.45, 7) is 3.72. The Hall–Kier alpha value is -2.01. The van der Waals surface area contributed by atoms with Crippen LogP contribution in [0.5, 0.6) is 0 Å². The molecule has 0 aliphatic rings. The van der Waals surface area contributed by atoms with Gasteiger partial charge in [-0.2, -0.15) is 5.10 Å². The highest BCUT2D eigenvalue weighted by Crippen LogP contribution is 2.22. The topological polar surface area (TPSA) is 72.9 Å². The van der Waals surface area contributed by atoms with Gasteiger partial charge in [0.1, 0.15) is 0 Å². The first-order valence-electron chi connectivity index (χ1n) is 5.76. The number of anilines is 2. The Balaban J connectivity index is 2.33. The molecule has 0 bridgehead atoms. The first kappa shape index (κ1) is 13.4. The highest BCUT2D eigenvalue weighted by Gasteiger charge is 2.15. The third-order valence-electron chi connectivity index (χ3n) is 3.01. The van der Waals surface area contributed by atoms with Gasteiger partial charge in [0.25, 0.3) is 5.91 Å². The number of nitrogen functional groups attached to an aromatic ring is 1. The van der Waals surface area contributed by atoms with Gasteiger partial charge in [-0.1, -0.05) is 11.6 Å². The Morgan fingerprint density at radius 2 is 2.11 bits per heavy atom. The van der Waals surface area contributed by atoms with Gasteiger partial charge in [-0.25, -0.2) is 0 Å². The quantitative estimate of drug-likeness (QED) is 0.829. The monoisotopic (exact) mass is 278 g/mol. The van der Waals surface area contributed by atoms with Crippen LogP contribution in [-0.2, 0) is 7.05 Å². The van der Waals surface area contributed by atoms with E-state index in [1.807, 2.05) is 20.9 Å². The molecule has 1 aromatic heterocycles. The molecule has 100 valence electrons. The summed E-state index contributed by atoms with van der Waals surface area (Å²) in [6.07, 6.45) is 0. The number of aryl methyl sites for hydroxylation is 2. The van der Waals surface area contributed by atoms with Crippen LogP contribution in [0.1, 0.15) is 21.7 Å². The van der Waals surface area contributed by atoms with E-state index in [1.165, 1.54) is 0 Å². The standard InChI is InChI=1S/C13H15ClN4O/c1-7-12(8(2)18(3)17-7)16-13(19)10-6-9(14)4-5-11(10)15/h4-6H,15H2,1-3H3,(H,16,19). The van der Waals surface area contributed by atoms with Crippen molar-refractivity contribution >= 4 is 28.9 Å². The summed E-state index contributed by atoms with van der Waals surface area (Å²) in [7, 11) is 1.83. The molecule has 0 atom stereocenters. The molecule has 2 aromatic rings. The molecular formula is C13H15ClN4O. The minimum Gasteiger partial charge on any atom is -0.398 e. The van der Waals surface area contributed by atoms with E-state index < -0.39 is 0 Å². The van der Waals surface area contributed by atoms with Crippen molar-refractivity contribution in [2.45, 2.75) is 13.8 Å². The van der Waals surface area contributed by atoms with Crippen LogP contribution < -0.4 is 11.1 Å². The van der Waals surface area contributed by atoms with Crippen molar-refractivity contribution in [2.24, 2.45) is 7.05 Å². The summed E-state index contributed by atoms with van der Waals surface area (Å²) in [5.41, 5.74) is 8.87. The summed E-state index contributed by atoms with van der Waals surface area (Å²) in [6, 6.07) is 4.81. The van der Waals surface area contributed by atoms with Crippen molar-refractivity contribution in [1.29, 1.82) is 0 Å². The van der Waals surface area contributed by atoms with E-state index in [0.29, 0.717) is 22.0 Å². The zero-order valence-corrected chi connectivity index (χ0v) is 11.7. The normalized spacial score (nSPS) is 10.5. The highest BCUT2D eigenvalue weighted by molar-refractivity contribution is 6.31. The number of rotatable bonds is 2. The molecule has 0 spiro atoms. The maximum Gasteiger partial charge on any atom is 0.257 e. The van der Waals surface area contributed by atoms with Crippen LogP contribution in [0.4, 0.5) is 11.4 Å². The van der Waals surface area contributed by atoms with Crippen molar-refractivity contribution < 1.29 is 4.79 Å². The van der Waals surface area contributed by atoms with Crippen molar-refractivity contribution in [3.63, 3.8) is 0 Å². The van der Waals surface area contributed by atoms with Crippen LogP contribution in [0.3, 0.4) is 0 Å². The first-order valence-corrected chi connectivity index (χ1v) is 6.14. The van der Waals surface area contributed by atoms with E-state index in [4.69, 9.17) is 17.3 Å². The number of carbonyl (C=O) groups excluding carboxylic acids is 1. The fourth-order valence-corrected chi connectivity index (χ4v) is 2.03. The molecule has 0 aliphatic heterocycles. The molecular weight excluding hydrogens is 264 g/mol. The molecule has 6 heteroatoms. The molecule has 5 nitrogen and oxygen atoms in total. The molecule has 0 radical (unpaired) electrons. The second-order valence-corrected chi connectivity index (χ2v) is 4.79. The van der Waals surface area contributed by atoms with Crippen molar-refractivity contribution in [2.75, 3.05) is 11.1 Å². The lowest BCUT2D eigenvalue weighted by atomic mass is 10.1. The number of nitrogens with two attached hydrogens (primary N) is 1. The van der Waals surface area contributed by atoms with E-state index in [1.54, 1.807) is 22.9 Å². The largest absolute Gasteiger partial charge is 0.398 e. The fourth-order valence-electron chi connectivity index (χ4n) is 1.86. The second-order valence-electron chi connectivity index (χ2n) is 4.36. The Kier molecular flexibility index (Phi) is 3.48. The average Bonchev–Trinajstić information content (AvgIpc) is 2.59.